The van der Waals surface area contributed by atoms with Gasteiger partial charge in [0.1, 0.15) is 0 Å². The number of hydrogen-bond acceptors (Lipinski definition) is 3. The molecule has 1 aliphatic heterocycles. The molecule has 0 aromatic heterocycles. The van der Waals surface area contributed by atoms with Crippen molar-refractivity contribution in [1.29, 1.82) is 0 Å². The Morgan fingerprint density at radius 1 is 1.40 bits per heavy atom. The minimum Gasteiger partial charge on any atom is -0.481 e. The molecule has 0 saturated carbocycles. The van der Waals surface area contributed by atoms with Crippen LogP contribution in [0.3, 0.4) is 0 Å². The van der Waals surface area contributed by atoms with Gasteiger partial charge in [-0.25, -0.2) is 0 Å². The molecular formula is C14H24N2O4. The lowest BCUT2D eigenvalue weighted by atomic mass is 10.1. The first kappa shape index (κ1) is 16.5. The van der Waals surface area contributed by atoms with E-state index in [4.69, 9.17) is 5.11 Å². The Bertz CT molecular complexity index is 366. The van der Waals surface area contributed by atoms with Crippen LogP contribution in [0.1, 0.15) is 46.0 Å². The standard InChI is InChI=1S/C14H24N2O4/c1-3-11(4-2)16-9-10(8-12(16)17)14(20)15-7-5-6-13(18)19/h10-11H,3-9H2,1-2H3,(H,15,20)(H,18,19). The highest BCUT2D eigenvalue weighted by Crippen LogP contribution is 2.23. The summed E-state index contributed by atoms with van der Waals surface area (Å²) in [4.78, 5) is 36.0. The molecule has 6 heteroatoms. The molecule has 0 aromatic carbocycles. The Morgan fingerprint density at radius 3 is 2.60 bits per heavy atom. The second-order valence-electron chi connectivity index (χ2n) is 5.21. The van der Waals surface area contributed by atoms with Crippen LogP contribution in [0, 0.1) is 5.92 Å². The first-order valence-electron chi connectivity index (χ1n) is 7.28. The number of aliphatic carboxylic acids is 1. The molecule has 0 bridgehead atoms. The van der Waals surface area contributed by atoms with Crippen LogP contribution < -0.4 is 5.32 Å². The molecule has 114 valence electrons. The van der Waals surface area contributed by atoms with Gasteiger partial charge in [-0.2, -0.15) is 0 Å². The van der Waals surface area contributed by atoms with Gasteiger partial charge in [-0.1, -0.05) is 13.8 Å². The second kappa shape index (κ2) is 7.87. The predicted molar refractivity (Wildman–Crippen MR) is 74.1 cm³/mol. The molecule has 1 fully saturated rings. The number of nitrogens with zero attached hydrogens (tertiary/aromatic N) is 1. The SMILES string of the molecule is CCC(CC)N1CC(C(=O)NCCCC(=O)O)CC1=O. The number of hydrogen-bond donors (Lipinski definition) is 2. The third-order valence-corrected chi connectivity index (χ3v) is 3.78. The number of carboxylic acids is 1. The van der Waals surface area contributed by atoms with Crippen molar-refractivity contribution in [1.82, 2.24) is 10.2 Å². The molecule has 1 atom stereocenters. The molecular weight excluding hydrogens is 260 g/mol. The van der Waals surface area contributed by atoms with Crippen molar-refractivity contribution in [3.05, 3.63) is 0 Å². The van der Waals surface area contributed by atoms with E-state index in [2.05, 4.69) is 5.32 Å². The summed E-state index contributed by atoms with van der Waals surface area (Å²) >= 11 is 0. The highest BCUT2D eigenvalue weighted by molar-refractivity contribution is 5.89. The molecule has 1 rings (SSSR count). The smallest absolute Gasteiger partial charge is 0.303 e. The van der Waals surface area contributed by atoms with Gasteiger partial charge in [0.2, 0.25) is 11.8 Å². The van der Waals surface area contributed by atoms with E-state index < -0.39 is 5.97 Å². The van der Waals surface area contributed by atoms with E-state index in [0.29, 0.717) is 19.5 Å². The van der Waals surface area contributed by atoms with Crippen LogP contribution in [-0.4, -0.2) is 46.9 Å². The maximum Gasteiger partial charge on any atom is 0.303 e. The molecule has 1 unspecified atom stereocenters. The molecule has 1 saturated heterocycles. The fraction of sp³-hybridized carbons (Fsp3) is 0.786. The van der Waals surface area contributed by atoms with Gasteiger partial charge in [-0.15, -0.1) is 0 Å². The zero-order chi connectivity index (χ0) is 15.1. The monoisotopic (exact) mass is 284 g/mol. The Hall–Kier alpha value is -1.59. The minimum atomic E-state index is -0.866. The van der Waals surface area contributed by atoms with E-state index in [-0.39, 0.29) is 36.6 Å². The summed E-state index contributed by atoms with van der Waals surface area (Å²) in [5, 5.41) is 11.2. The average molecular weight is 284 g/mol. The van der Waals surface area contributed by atoms with Gasteiger partial charge in [-0.3, -0.25) is 14.4 Å². The Balaban J connectivity index is 2.39. The molecule has 0 aliphatic carbocycles. The van der Waals surface area contributed by atoms with Crippen molar-refractivity contribution < 1.29 is 19.5 Å². The summed E-state index contributed by atoms with van der Waals surface area (Å²) in [6, 6.07) is 0.215. The molecule has 0 spiro atoms. The predicted octanol–water partition coefficient (Wildman–Crippen LogP) is 1.00. The fourth-order valence-electron chi connectivity index (χ4n) is 2.59. The Kier molecular flexibility index (Phi) is 6.48. The number of carboxylic acid groups (broad SMARTS) is 1. The van der Waals surface area contributed by atoms with Gasteiger partial charge in [0.15, 0.2) is 0 Å². The maximum absolute atomic E-state index is 11.9. The second-order valence-corrected chi connectivity index (χ2v) is 5.21. The first-order chi connectivity index (χ1) is 9.49. The summed E-state index contributed by atoms with van der Waals surface area (Å²) in [7, 11) is 0. The molecule has 2 amide bonds. The molecule has 0 aromatic rings. The first-order valence-corrected chi connectivity index (χ1v) is 7.28. The summed E-state index contributed by atoms with van der Waals surface area (Å²) < 4.78 is 0. The van der Waals surface area contributed by atoms with E-state index in [1.54, 1.807) is 0 Å². The summed E-state index contributed by atoms with van der Waals surface area (Å²) in [6.07, 6.45) is 2.52. The topological polar surface area (TPSA) is 86.7 Å². The zero-order valence-corrected chi connectivity index (χ0v) is 12.2. The lowest BCUT2D eigenvalue weighted by Crippen LogP contribution is -2.38. The third-order valence-electron chi connectivity index (χ3n) is 3.78. The van der Waals surface area contributed by atoms with Crippen LogP contribution in [0.15, 0.2) is 0 Å². The number of carbonyl (C=O) groups excluding carboxylic acids is 2. The molecule has 20 heavy (non-hydrogen) atoms. The fourth-order valence-corrected chi connectivity index (χ4v) is 2.59. The van der Waals surface area contributed by atoms with Crippen LogP contribution in [0.5, 0.6) is 0 Å². The van der Waals surface area contributed by atoms with Crippen LogP contribution in [-0.2, 0) is 14.4 Å². The van der Waals surface area contributed by atoms with Gasteiger partial charge >= 0.3 is 5.97 Å². The van der Waals surface area contributed by atoms with Gasteiger partial charge in [0.25, 0.3) is 0 Å². The number of likely N-dealkylation sites (tertiary alicyclic amines) is 1. The number of amides is 2. The molecule has 6 nitrogen and oxygen atoms in total. The molecule has 1 heterocycles. The van der Waals surface area contributed by atoms with Crippen molar-refractivity contribution in [2.24, 2.45) is 5.92 Å². The van der Waals surface area contributed by atoms with Crippen molar-refractivity contribution in [2.45, 2.75) is 52.0 Å². The molecule has 2 N–H and O–H groups in total. The lowest BCUT2D eigenvalue weighted by molar-refractivity contribution is -0.137. The highest BCUT2D eigenvalue weighted by Gasteiger charge is 2.36. The van der Waals surface area contributed by atoms with Crippen molar-refractivity contribution in [2.75, 3.05) is 13.1 Å². The summed E-state index contributed by atoms with van der Waals surface area (Å²) in [5.41, 5.74) is 0. The number of nitrogens with one attached hydrogen (secondary N) is 1. The van der Waals surface area contributed by atoms with Crippen LogP contribution >= 0.6 is 0 Å². The Labute approximate surface area is 119 Å². The number of carbonyl (C=O) groups is 3. The van der Waals surface area contributed by atoms with Gasteiger partial charge in [-0.05, 0) is 19.3 Å². The van der Waals surface area contributed by atoms with Crippen LogP contribution in [0.25, 0.3) is 0 Å². The minimum absolute atomic E-state index is 0.0454. The molecule has 1 aliphatic rings. The third kappa shape index (κ3) is 4.51. The van der Waals surface area contributed by atoms with E-state index in [1.807, 2.05) is 18.7 Å². The zero-order valence-electron chi connectivity index (χ0n) is 12.2. The van der Waals surface area contributed by atoms with E-state index >= 15 is 0 Å². The van der Waals surface area contributed by atoms with E-state index in [9.17, 15) is 14.4 Å². The van der Waals surface area contributed by atoms with Crippen molar-refractivity contribution in [3.63, 3.8) is 0 Å². The van der Waals surface area contributed by atoms with Gasteiger partial charge in [0.05, 0.1) is 5.92 Å². The van der Waals surface area contributed by atoms with Crippen LogP contribution in [0.2, 0.25) is 0 Å². The average Bonchev–Trinajstić information content (AvgIpc) is 2.78. The van der Waals surface area contributed by atoms with E-state index in [0.717, 1.165) is 12.8 Å². The van der Waals surface area contributed by atoms with Crippen LogP contribution in [0.4, 0.5) is 0 Å². The normalized spacial score (nSPS) is 18.6. The van der Waals surface area contributed by atoms with Crippen molar-refractivity contribution in [3.8, 4) is 0 Å². The lowest BCUT2D eigenvalue weighted by Gasteiger charge is -2.26. The largest absolute Gasteiger partial charge is 0.481 e. The van der Waals surface area contributed by atoms with Gasteiger partial charge < -0.3 is 15.3 Å². The van der Waals surface area contributed by atoms with Crippen molar-refractivity contribution >= 4 is 17.8 Å². The highest BCUT2D eigenvalue weighted by atomic mass is 16.4. The molecule has 0 radical (unpaired) electrons. The number of rotatable bonds is 8. The Morgan fingerprint density at radius 2 is 2.05 bits per heavy atom. The quantitative estimate of drug-likeness (QED) is 0.651. The van der Waals surface area contributed by atoms with E-state index in [1.165, 1.54) is 0 Å². The van der Waals surface area contributed by atoms with Gasteiger partial charge in [0, 0.05) is 32.0 Å². The summed E-state index contributed by atoms with van der Waals surface area (Å²) in [6.45, 7) is 4.91. The summed E-state index contributed by atoms with van der Waals surface area (Å²) in [5.74, 6) is -1.26. The maximum atomic E-state index is 11.9.